The summed E-state index contributed by atoms with van der Waals surface area (Å²) in [7, 11) is 0. The van der Waals surface area contributed by atoms with Gasteiger partial charge in [-0.1, -0.05) is 0 Å². The summed E-state index contributed by atoms with van der Waals surface area (Å²) in [5.41, 5.74) is 0. The number of allylic oxidation sites excluding steroid dienone is 4. The van der Waals surface area contributed by atoms with Gasteiger partial charge in [0.1, 0.15) is 0 Å². The van der Waals surface area contributed by atoms with E-state index < -0.39 is 0 Å². The van der Waals surface area contributed by atoms with Gasteiger partial charge in [-0.15, -0.1) is 0 Å². The standard InChI is InChI=1S/C5H4.2Y/c1-2-4-5-3-1;;/h1-2H,5H2;;/q-2;;. The second kappa shape index (κ2) is 7.69. The van der Waals surface area contributed by atoms with Gasteiger partial charge in [0.2, 0.25) is 0 Å². The zero-order valence-electron chi connectivity index (χ0n) is 4.02. The molecule has 0 aliphatic heterocycles. The van der Waals surface area contributed by atoms with Crippen LogP contribution in [0.5, 0.6) is 0 Å². The second-order valence-electron chi connectivity index (χ2n) is 0.918. The Morgan fingerprint density at radius 3 is 1.57 bits per heavy atom. The predicted molar refractivity (Wildman–Crippen MR) is 20.2 cm³/mol. The number of hydrogen-bond donors (Lipinski definition) is 0. The average Bonchev–Trinajstić information content (AvgIpc) is 1.76. The van der Waals surface area contributed by atoms with Gasteiger partial charge in [-0.3, -0.25) is 0 Å². The van der Waals surface area contributed by atoms with Crippen LogP contribution in [0.1, 0.15) is 6.42 Å². The first-order valence-electron chi connectivity index (χ1n) is 1.62. The Kier molecular flexibility index (Phi) is 12.6. The Morgan fingerprint density at radius 1 is 1.00 bits per heavy atom. The molecule has 1 aliphatic carbocycles. The molecular formula is C5H4Y2-2. The molecule has 0 amide bonds. The van der Waals surface area contributed by atoms with Crippen molar-refractivity contribution in [1.29, 1.82) is 0 Å². The largest absolute Gasteiger partial charge is 0.392 e. The minimum Gasteiger partial charge on any atom is -0.392 e. The van der Waals surface area contributed by atoms with Crippen molar-refractivity contribution in [3.63, 3.8) is 0 Å². The first kappa shape index (κ1) is 11.5. The molecule has 0 nitrogen and oxygen atoms in total. The third kappa shape index (κ3) is 5.56. The SMILES string of the molecule is [C-]1=CC=[C-]C1.[Y].[Y]. The molecule has 0 N–H and O–H groups in total. The maximum Gasteiger partial charge on any atom is 0 e. The average molecular weight is 242 g/mol. The van der Waals surface area contributed by atoms with E-state index in [2.05, 4.69) is 12.2 Å². The van der Waals surface area contributed by atoms with E-state index in [9.17, 15) is 0 Å². The van der Waals surface area contributed by atoms with Crippen LogP contribution in [-0.4, -0.2) is 0 Å². The van der Waals surface area contributed by atoms with E-state index in [-0.39, 0.29) is 65.4 Å². The van der Waals surface area contributed by atoms with Gasteiger partial charge >= 0.3 is 0 Å². The first-order valence-corrected chi connectivity index (χ1v) is 1.62. The van der Waals surface area contributed by atoms with Gasteiger partial charge in [0.15, 0.2) is 0 Å². The third-order valence-electron chi connectivity index (χ3n) is 0.523. The molecule has 0 aromatic rings. The summed E-state index contributed by atoms with van der Waals surface area (Å²) in [6.07, 6.45) is 10.5. The Bertz CT molecular complexity index is 64.1. The molecule has 1 rings (SSSR count). The van der Waals surface area contributed by atoms with Gasteiger partial charge in [0, 0.05) is 65.4 Å². The van der Waals surface area contributed by atoms with Gasteiger partial charge in [0.25, 0.3) is 0 Å². The Morgan fingerprint density at radius 2 is 1.43 bits per heavy atom. The predicted octanol–water partition coefficient (Wildman–Crippen LogP) is 1.10. The quantitative estimate of drug-likeness (QED) is 0.558. The summed E-state index contributed by atoms with van der Waals surface area (Å²) in [5.74, 6) is 0. The molecule has 2 heteroatoms. The van der Waals surface area contributed by atoms with E-state index in [1.54, 1.807) is 0 Å². The van der Waals surface area contributed by atoms with E-state index in [0.717, 1.165) is 6.42 Å². The molecule has 2 radical (unpaired) electrons. The van der Waals surface area contributed by atoms with Gasteiger partial charge in [0.05, 0.1) is 0 Å². The van der Waals surface area contributed by atoms with Crippen LogP contribution in [0.2, 0.25) is 0 Å². The molecule has 0 saturated heterocycles. The fraction of sp³-hybridized carbons (Fsp3) is 0.200. The van der Waals surface area contributed by atoms with Crippen LogP contribution >= 0.6 is 0 Å². The fourth-order valence-electron chi connectivity index (χ4n) is 0.295. The summed E-state index contributed by atoms with van der Waals surface area (Å²) < 4.78 is 0. The summed E-state index contributed by atoms with van der Waals surface area (Å²) in [6.45, 7) is 0. The van der Waals surface area contributed by atoms with Crippen LogP contribution in [0.3, 0.4) is 0 Å². The second-order valence-corrected chi connectivity index (χ2v) is 0.918. The monoisotopic (exact) mass is 242 g/mol. The van der Waals surface area contributed by atoms with Crippen molar-refractivity contribution < 1.29 is 65.4 Å². The van der Waals surface area contributed by atoms with Gasteiger partial charge in [-0.2, -0.15) is 0 Å². The van der Waals surface area contributed by atoms with Crippen LogP contribution in [0.4, 0.5) is 0 Å². The van der Waals surface area contributed by atoms with Crippen molar-refractivity contribution in [2.24, 2.45) is 0 Å². The molecule has 32 valence electrons. The zero-order chi connectivity index (χ0) is 3.54. The van der Waals surface area contributed by atoms with E-state index in [4.69, 9.17) is 0 Å². The number of rotatable bonds is 0. The van der Waals surface area contributed by atoms with Crippen LogP contribution in [-0.2, 0) is 65.4 Å². The van der Waals surface area contributed by atoms with Crippen molar-refractivity contribution in [2.75, 3.05) is 0 Å². The van der Waals surface area contributed by atoms with Crippen LogP contribution in [0.15, 0.2) is 12.2 Å². The van der Waals surface area contributed by atoms with Crippen molar-refractivity contribution in [2.45, 2.75) is 6.42 Å². The molecular weight excluding hydrogens is 238 g/mol. The Labute approximate surface area is 94.6 Å². The summed E-state index contributed by atoms with van der Waals surface area (Å²) >= 11 is 0. The molecule has 0 bridgehead atoms. The fourth-order valence-corrected chi connectivity index (χ4v) is 0.295. The normalized spacial score (nSPS) is 12.6. The maximum atomic E-state index is 2.93. The minimum absolute atomic E-state index is 0. The van der Waals surface area contributed by atoms with Crippen LogP contribution in [0.25, 0.3) is 0 Å². The summed E-state index contributed by atoms with van der Waals surface area (Å²) in [4.78, 5) is 0. The van der Waals surface area contributed by atoms with Gasteiger partial charge < -0.3 is 24.3 Å². The summed E-state index contributed by atoms with van der Waals surface area (Å²) in [5, 5.41) is 0. The van der Waals surface area contributed by atoms with Crippen molar-refractivity contribution in [1.82, 2.24) is 0 Å². The first-order chi connectivity index (χ1) is 2.50. The van der Waals surface area contributed by atoms with Gasteiger partial charge in [-0.25, -0.2) is 6.42 Å². The smallest absolute Gasteiger partial charge is 0 e. The summed E-state index contributed by atoms with van der Waals surface area (Å²) in [6, 6.07) is 0. The van der Waals surface area contributed by atoms with Crippen molar-refractivity contribution in [3.8, 4) is 0 Å². The van der Waals surface area contributed by atoms with Gasteiger partial charge in [-0.05, 0) is 0 Å². The van der Waals surface area contributed by atoms with E-state index in [0.29, 0.717) is 0 Å². The topological polar surface area (TPSA) is 0 Å². The van der Waals surface area contributed by atoms with Crippen LogP contribution in [0, 0.1) is 12.2 Å². The molecule has 0 saturated carbocycles. The molecule has 0 atom stereocenters. The van der Waals surface area contributed by atoms with Crippen molar-refractivity contribution in [3.05, 3.63) is 24.3 Å². The minimum atomic E-state index is 0. The van der Waals surface area contributed by atoms with Crippen molar-refractivity contribution >= 4 is 0 Å². The Hall–Kier alpha value is 1.69. The molecule has 7 heavy (non-hydrogen) atoms. The molecule has 0 heterocycles. The molecule has 0 fully saturated rings. The van der Waals surface area contributed by atoms with E-state index in [1.165, 1.54) is 0 Å². The zero-order valence-corrected chi connectivity index (χ0v) is 9.69. The molecule has 1 aliphatic rings. The molecule has 0 unspecified atom stereocenters. The van der Waals surface area contributed by atoms with Crippen LogP contribution < -0.4 is 0 Å². The maximum absolute atomic E-state index is 2.93. The third-order valence-corrected chi connectivity index (χ3v) is 0.523. The van der Waals surface area contributed by atoms with E-state index >= 15 is 0 Å². The van der Waals surface area contributed by atoms with E-state index in [1.807, 2.05) is 12.2 Å². The number of hydrogen-bond acceptors (Lipinski definition) is 0. The molecule has 0 aromatic carbocycles. The molecule has 0 aromatic heterocycles. The Balaban J connectivity index is 0. The molecule has 0 spiro atoms.